The maximum Gasteiger partial charge on any atom is 0.272 e. The standard InChI is InChI=1S/C10H13N3O/c1-3-7(2)8-6-9-11-5-4-10(14)13(9)12-8/h4-7,12H,3H2,1-2H3. The molecule has 4 nitrogen and oxygen atoms in total. The van der Waals surface area contributed by atoms with Crippen LogP contribution in [-0.2, 0) is 0 Å². The summed E-state index contributed by atoms with van der Waals surface area (Å²) in [5, 5.41) is 3.06. The Morgan fingerprint density at radius 3 is 3.07 bits per heavy atom. The van der Waals surface area contributed by atoms with Crippen LogP contribution < -0.4 is 5.56 Å². The molecule has 2 aromatic heterocycles. The van der Waals surface area contributed by atoms with Gasteiger partial charge in [-0.1, -0.05) is 13.8 Å². The molecule has 1 unspecified atom stereocenters. The zero-order valence-corrected chi connectivity index (χ0v) is 8.32. The molecule has 0 fully saturated rings. The molecule has 0 bridgehead atoms. The number of rotatable bonds is 2. The normalized spacial score (nSPS) is 13.3. The molecule has 0 aliphatic rings. The highest BCUT2D eigenvalue weighted by Gasteiger charge is 2.07. The van der Waals surface area contributed by atoms with Gasteiger partial charge < -0.3 is 0 Å². The van der Waals surface area contributed by atoms with Crippen LogP contribution in [0.4, 0.5) is 0 Å². The average molecular weight is 191 g/mol. The van der Waals surface area contributed by atoms with Crippen molar-refractivity contribution >= 4 is 5.65 Å². The van der Waals surface area contributed by atoms with Crippen molar-refractivity contribution in [1.29, 1.82) is 0 Å². The fraction of sp³-hybridized carbons (Fsp3) is 0.400. The lowest BCUT2D eigenvalue weighted by Crippen LogP contribution is -2.12. The molecular formula is C10H13N3O. The molecule has 0 amide bonds. The van der Waals surface area contributed by atoms with Gasteiger partial charge in [0.25, 0.3) is 5.56 Å². The van der Waals surface area contributed by atoms with Crippen LogP contribution in [0, 0.1) is 0 Å². The SMILES string of the molecule is CCC(C)c1cc2nccc(=O)n2[nH]1. The van der Waals surface area contributed by atoms with E-state index in [9.17, 15) is 4.79 Å². The van der Waals surface area contributed by atoms with E-state index in [0.29, 0.717) is 11.6 Å². The Bertz CT molecular complexity index is 497. The lowest BCUT2D eigenvalue weighted by atomic mass is 10.1. The summed E-state index contributed by atoms with van der Waals surface area (Å²) in [5.74, 6) is 0.427. The third-order valence-corrected chi connectivity index (χ3v) is 2.54. The first-order valence-electron chi connectivity index (χ1n) is 4.79. The van der Waals surface area contributed by atoms with Crippen LogP contribution in [-0.4, -0.2) is 14.6 Å². The van der Waals surface area contributed by atoms with Crippen LogP contribution in [0.3, 0.4) is 0 Å². The number of nitrogens with zero attached hydrogens (tertiary/aromatic N) is 2. The van der Waals surface area contributed by atoms with Gasteiger partial charge in [0.1, 0.15) is 0 Å². The highest BCUT2D eigenvalue weighted by atomic mass is 16.1. The van der Waals surface area contributed by atoms with Crippen molar-refractivity contribution in [2.45, 2.75) is 26.2 Å². The lowest BCUT2D eigenvalue weighted by molar-refractivity contribution is 0.691. The fourth-order valence-corrected chi connectivity index (χ4v) is 1.41. The van der Waals surface area contributed by atoms with Gasteiger partial charge in [-0.25, -0.2) is 9.50 Å². The first kappa shape index (κ1) is 8.99. The van der Waals surface area contributed by atoms with Gasteiger partial charge in [0, 0.05) is 24.0 Å². The summed E-state index contributed by atoms with van der Waals surface area (Å²) in [7, 11) is 0. The number of aromatic amines is 1. The Morgan fingerprint density at radius 2 is 2.43 bits per heavy atom. The average Bonchev–Trinajstić information content (AvgIpc) is 2.62. The van der Waals surface area contributed by atoms with E-state index in [-0.39, 0.29) is 5.56 Å². The Labute approximate surface area is 81.6 Å². The molecule has 2 aromatic rings. The van der Waals surface area contributed by atoms with Crippen LogP contribution in [0.25, 0.3) is 5.65 Å². The number of aromatic nitrogens is 3. The van der Waals surface area contributed by atoms with Crippen molar-refractivity contribution in [3.8, 4) is 0 Å². The Hall–Kier alpha value is -1.58. The highest BCUT2D eigenvalue weighted by Crippen LogP contribution is 2.16. The molecule has 4 heteroatoms. The molecule has 1 N–H and O–H groups in total. The molecule has 0 aliphatic heterocycles. The number of hydrogen-bond acceptors (Lipinski definition) is 2. The van der Waals surface area contributed by atoms with E-state index in [1.807, 2.05) is 6.07 Å². The topological polar surface area (TPSA) is 50.2 Å². The molecule has 0 spiro atoms. The molecule has 1 atom stereocenters. The van der Waals surface area contributed by atoms with Gasteiger partial charge in [0.05, 0.1) is 0 Å². The first-order valence-corrected chi connectivity index (χ1v) is 4.79. The van der Waals surface area contributed by atoms with E-state index >= 15 is 0 Å². The van der Waals surface area contributed by atoms with Gasteiger partial charge in [-0.3, -0.25) is 9.89 Å². The maximum atomic E-state index is 11.4. The van der Waals surface area contributed by atoms with Crippen molar-refractivity contribution in [1.82, 2.24) is 14.6 Å². The lowest BCUT2D eigenvalue weighted by Gasteiger charge is -2.02. The van der Waals surface area contributed by atoms with Crippen molar-refractivity contribution in [3.63, 3.8) is 0 Å². The van der Waals surface area contributed by atoms with E-state index in [4.69, 9.17) is 0 Å². The van der Waals surface area contributed by atoms with Crippen molar-refractivity contribution in [2.75, 3.05) is 0 Å². The summed E-state index contributed by atoms with van der Waals surface area (Å²) in [5.41, 5.74) is 1.68. The molecule has 74 valence electrons. The Kier molecular flexibility index (Phi) is 2.11. The van der Waals surface area contributed by atoms with Gasteiger partial charge >= 0.3 is 0 Å². The predicted octanol–water partition coefficient (Wildman–Crippen LogP) is 1.54. The molecule has 14 heavy (non-hydrogen) atoms. The zero-order valence-electron chi connectivity index (χ0n) is 8.32. The van der Waals surface area contributed by atoms with Crippen LogP contribution in [0.2, 0.25) is 0 Å². The van der Waals surface area contributed by atoms with Crippen molar-refractivity contribution in [2.24, 2.45) is 0 Å². The molecule has 0 aliphatic carbocycles. The predicted molar refractivity (Wildman–Crippen MR) is 54.5 cm³/mol. The quantitative estimate of drug-likeness (QED) is 0.782. The van der Waals surface area contributed by atoms with E-state index in [1.54, 1.807) is 0 Å². The van der Waals surface area contributed by atoms with E-state index in [2.05, 4.69) is 23.9 Å². The third-order valence-electron chi connectivity index (χ3n) is 2.54. The molecule has 0 radical (unpaired) electrons. The van der Waals surface area contributed by atoms with E-state index < -0.39 is 0 Å². The summed E-state index contributed by atoms with van der Waals surface area (Å²) in [4.78, 5) is 15.5. The molecular weight excluding hydrogens is 178 g/mol. The Morgan fingerprint density at radius 1 is 1.64 bits per heavy atom. The summed E-state index contributed by atoms with van der Waals surface area (Å²) < 4.78 is 1.47. The molecule has 0 aromatic carbocycles. The van der Waals surface area contributed by atoms with Crippen LogP contribution in [0.1, 0.15) is 31.9 Å². The maximum absolute atomic E-state index is 11.4. The first-order chi connectivity index (χ1) is 6.72. The summed E-state index contributed by atoms with van der Waals surface area (Å²) in [6.45, 7) is 4.24. The minimum absolute atomic E-state index is 0.0652. The number of H-pyrrole nitrogens is 1. The summed E-state index contributed by atoms with van der Waals surface area (Å²) in [6, 6.07) is 3.37. The second-order valence-corrected chi connectivity index (χ2v) is 3.50. The second kappa shape index (κ2) is 3.29. The monoisotopic (exact) mass is 191 g/mol. The van der Waals surface area contributed by atoms with Crippen molar-refractivity contribution < 1.29 is 0 Å². The zero-order chi connectivity index (χ0) is 10.1. The highest BCUT2D eigenvalue weighted by molar-refractivity contribution is 5.39. The van der Waals surface area contributed by atoms with Gasteiger partial charge in [-0.15, -0.1) is 0 Å². The van der Waals surface area contributed by atoms with Crippen LogP contribution >= 0.6 is 0 Å². The summed E-state index contributed by atoms with van der Waals surface area (Å²) in [6.07, 6.45) is 2.58. The van der Waals surface area contributed by atoms with Gasteiger partial charge in [0.15, 0.2) is 5.65 Å². The van der Waals surface area contributed by atoms with E-state index in [0.717, 1.165) is 12.1 Å². The molecule has 2 heterocycles. The summed E-state index contributed by atoms with van der Waals surface area (Å²) >= 11 is 0. The second-order valence-electron chi connectivity index (χ2n) is 3.50. The Balaban J connectivity index is 2.62. The minimum Gasteiger partial charge on any atom is -0.293 e. The molecule has 2 rings (SSSR count). The molecule has 0 saturated carbocycles. The minimum atomic E-state index is -0.0652. The molecule has 0 saturated heterocycles. The van der Waals surface area contributed by atoms with Gasteiger partial charge in [-0.05, 0) is 12.3 Å². The van der Waals surface area contributed by atoms with Gasteiger partial charge in [0.2, 0.25) is 0 Å². The van der Waals surface area contributed by atoms with Crippen LogP contribution in [0.5, 0.6) is 0 Å². The number of nitrogens with one attached hydrogen (secondary N) is 1. The van der Waals surface area contributed by atoms with Crippen molar-refractivity contribution in [3.05, 3.63) is 34.4 Å². The van der Waals surface area contributed by atoms with Crippen LogP contribution in [0.15, 0.2) is 23.1 Å². The number of fused-ring (bicyclic) bond motifs is 1. The fourth-order valence-electron chi connectivity index (χ4n) is 1.41. The third kappa shape index (κ3) is 1.32. The van der Waals surface area contributed by atoms with E-state index in [1.165, 1.54) is 16.8 Å². The smallest absolute Gasteiger partial charge is 0.272 e. The largest absolute Gasteiger partial charge is 0.293 e. The number of hydrogen-bond donors (Lipinski definition) is 1. The van der Waals surface area contributed by atoms with Gasteiger partial charge in [-0.2, -0.15) is 0 Å².